The van der Waals surface area contributed by atoms with Gasteiger partial charge >= 0.3 is 5.97 Å². The molecule has 0 aliphatic heterocycles. The maximum Gasteiger partial charge on any atom is 0.357 e. The molecule has 27 heavy (non-hydrogen) atoms. The molecule has 4 aromatic rings. The van der Waals surface area contributed by atoms with Gasteiger partial charge in [0, 0.05) is 23.6 Å². The molecule has 0 fully saturated rings. The lowest BCUT2D eigenvalue weighted by molar-refractivity contribution is 0.0515. The number of rotatable bonds is 5. The van der Waals surface area contributed by atoms with Crippen LogP contribution in [0.15, 0.2) is 79.4 Å². The molecule has 2 heterocycles. The molecule has 4 rings (SSSR count). The fourth-order valence-electron chi connectivity index (χ4n) is 2.85. The van der Waals surface area contributed by atoms with Gasteiger partial charge in [-0.3, -0.25) is 0 Å². The summed E-state index contributed by atoms with van der Waals surface area (Å²) in [5, 5.41) is 4.64. The summed E-state index contributed by atoms with van der Waals surface area (Å²) in [6.07, 6.45) is 5.37. The summed E-state index contributed by atoms with van der Waals surface area (Å²) >= 11 is 0. The number of benzene rings is 2. The van der Waals surface area contributed by atoms with Gasteiger partial charge in [-0.15, -0.1) is 0 Å². The molecule has 6 nitrogen and oxygen atoms in total. The van der Waals surface area contributed by atoms with Crippen LogP contribution in [-0.4, -0.2) is 31.9 Å². The zero-order chi connectivity index (χ0) is 18.6. The van der Waals surface area contributed by atoms with Crippen molar-refractivity contribution in [2.24, 2.45) is 0 Å². The normalized spacial score (nSPS) is 10.7. The second-order valence-corrected chi connectivity index (χ2v) is 5.90. The molecule has 0 aliphatic rings. The summed E-state index contributed by atoms with van der Waals surface area (Å²) in [5.74, 6) is -0.393. The second-order valence-electron chi connectivity index (χ2n) is 5.90. The van der Waals surface area contributed by atoms with E-state index in [1.165, 1.54) is 0 Å². The molecule has 2 aromatic heterocycles. The van der Waals surface area contributed by atoms with Crippen molar-refractivity contribution < 1.29 is 9.53 Å². The molecule has 0 atom stereocenters. The van der Waals surface area contributed by atoms with Crippen LogP contribution >= 0.6 is 0 Å². The van der Waals surface area contributed by atoms with Crippen LogP contribution < -0.4 is 0 Å². The Balaban J connectivity index is 1.74. The maximum atomic E-state index is 12.4. The third-order valence-corrected chi connectivity index (χ3v) is 4.16. The van der Waals surface area contributed by atoms with Crippen molar-refractivity contribution in [3.63, 3.8) is 0 Å². The Kier molecular flexibility index (Phi) is 4.53. The first-order valence-electron chi connectivity index (χ1n) is 8.67. The molecule has 0 amide bonds. The zero-order valence-corrected chi connectivity index (χ0v) is 14.8. The number of hydrogen-bond acceptors (Lipinski definition) is 4. The van der Waals surface area contributed by atoms with E-state index in [1.54, 1.807) is 30.2 Å². The monoisotopic (exact) mass is 358 g/mol. The van der Waals surface area contributed by atoms with Crippen molar-refractivity contribution in [1.82, 2.24) is 19.3 Å². The molecule has 0 unspecified atom stereocenters. The fraction of sp³-hybridized carbons (Fsp3) is 0.0952. The summed E-state index contributed by atoms with van der Waals surface area (Å²) in [7, 11) is 0. The summed E-state index contributed by atoms with van der Waals surface area (Å²) < 4.78 is 8.75. The summed E-state index contributed by atoms with van der Waals surface area (Å²) in [6.45, 7) is 2.10. The number of aromatic nitrogens is 4. The number of hydrogen-bond donors (Lipinski definition) is 0. The molecule has 0 bridgehead atoms. The second kappa shape index (κ2) is 7.29. The van der Waals surface area contributed by atoms with Crippen molar-refractivity contribution in [3.05, 3.63) is 85.1 Å². The predicted molar refractivity (Wildman–Crippen MR) is 102 cm³/mol. The molecule has 0 spiro atoms. The Morgan fingerprint density at radius 1 is 1.04 bits per heavy atom. The molecule has 6 heteroatoms. The van der Waals surface area contributed by atoms with Gasteiger partial charge in [-0.1, -0.05) is 30.3 Å². The van der Waals surface area contributed by atoms with E-state index in [1.807, 2.05) is 65.4 Å². The first-order valence-corrected chi connectivity index (χ1v) is 8.67. The standard InChI is InChI=1S/C21H18N4O2/c1-2-27-21(26)20-14-19(23-25(20)18-6-4-3-5-7-18)16-8-10-17(11-9-16)24-13-12-22-15-24/h3-15H,2H2,1H3. The minimum absolute atomic E-state index is 0.313. The predicted octanol–water partition coefficient (Wildman–Crippen LogP) is 3.90. The lowest BCUT2D eigenvalue weighted by Crippen LogP contribution is -2.11. The largest absolute Gasteiger partial charge is 0.461 e. The number of carbonyl (C=O) groups excluding carboxylic acids is 1. The molecule has 0 N–H and O–H groups in total. The molecule has 2 aromatic carbocycles. The van der Waals surface area contributed by atoms with Gasteiger partial charge in [0.2, 0.25) is 0 Å². The van der Waals surface area contributed by atoms with Gasteiger partial charge in [0.05, 0.1) is 24.3 Å². The highest BCUT2D eigenvalue weighted by molar-refractivity contribution is 5.89. The Morgan fingerprint density at radius 3 is 2.48 bits per heavy atom. The Morgan fingerprint density at radius 2 is 1.81 bits per heavy atom. The van der Waals surface area contributed by atoms with Crippen LogP contribution in [-0.2, 0) is 4.74 Å². The molecule has 0 saturated heterocycles. The van der Waals surface area contributed by atoms with Crippen molar-refractivity contribution in [2.75, 3.05) is 6.61 Å². The van der Waals surface area contributed by atoms with Gasteiger partial charge in [-0.25, -0.2) is 14.5 Å². The van der Waals surface area contributed by atoms with E-state index in [2.05, 4.69) is 10.1 Å². The summed E-state index contributed by atoms with van der Waals surface area (Å²) in [5.41, 5.74) is 3.83. The first kappa shape index (κ1) is 16.8. The highest BCUT2D eigenvalue weighted by atomic mass is 16.5. The smallest absolute Gasteiger partial charge is 0.357 e. The van der Waals surface area contributed by atoms with Crippen LogP contribution in [0, 0.1) is 0 Å². The quantitative estimate of drug-likeness (QED) is 0.508. The van der Waals surface area contributed by atoms with Gasteiger partial charge < -0.3 is 9.30 Å². The van der Waals surface area contributed by atoms with Crippen LogP contribution in [0.2, 0.25) is 0 Å². The number of para-hydroxylation sites is 1. The van der Waals surface area contributed by atoms with Gasteiger partial charge in [0.25, 0.3) is 0 Å². The van der Waals surface area contributed by atoms with E-state index in [4.69, 9.17) is 4.74 Å². The highest BCUT2D eigenvalue weighted by Gasteiger charge is 2.18. The lowest BCUT2D eigenvalue weighted by Gasteiger charge is -2.06. The molecule has 0 radical (unpaired) electrons. The minimum atomic E-state index is -0.393. The number of carbonyl (C=O) groups is 1. The number of ether oxygens (including phenoxy) is 1. The Bertz CT molecular complexity index is 1040. The third-order valence-electron chi connectivity index (χ3n) is 4.16. The van der Waals surface area contributed by atoms with Gasteiger partial charge in [0.15, 0.2) is 5.69 Å². The molecular formula is C21H18N4O2. The Labute approximate surface area is 156 Å². The Hall–Kier alpha value is -3.67. The van der Waals surface area contributed by atoms with Crippen LogP contribution in [0.3, 0.4) is 0 Å². The average Bonchev–Trinajstić information content (AvgIpc) is 3.39. The summed E-state index contributed by atoms with van der Waals surface area (Å²) in [4.78, 5) is 16.5. The molecular weight excluding hydrogens is 340 g/mol. The maximum absolute atomic E-state index is 12.4. The van der Waals surface area contributed by atoms with Crippen molar-refractivity contribution in [3.8, 4) is 22.6 Å². The number of esters is 1. The number of nitrogens with zero attached hydrogens (tertiary/aromatic N) is 4. The molecule has 134 valence electrons. The van der Waals surface area contributed by atoms with E-state index in [0.717, 1.165) is 16.9 Å². The van der Waals surface area contributed by atoms with E-state index in [0.29, 0.717) is 18.0 Å². The molecule has 0 saturated carbocycles. The van der Waals surface area contributed by atoms with Crippen molar-refractivity contribution in [1.29, 1.82) is 0 Å². The SMILES string of the molecule is CCOC(=O)c1cc(-c2ccc(-n3ccnc3)cc2)nn1-c1ccccc1. The van der Waals surface area contributed by atoms with Crippen LogP contribution in [0.25, 0.3) is 22.6 Å². The summed E-state index contributed by atoms with van der Waals surface area (Å²) in [6, 6.07) is 19.2. The van der Waals surface area contributed by atoms with E-state index in [9.17, 15) is 4.79 Å². The van der Waals surface area contributed by atoms with Crippen molar-refractivity contribution >= 4 is 5.97 Å². The fourth-order valence-corrected chi connectivity index (χ4v) is 2.85. The van der Waals surface area contributed by atoms with Crippen LogP contribution in [0.5, 0.6) is 0 Å². The van der Waals surface area contributed by atoms with Gasteiger partial charge in [-0.2, -0.15) is 5.10 Å². The van der Waals surface area contributed by atoms with Crippen LogP contribution in [0.1, 0.15) is 17.4 Å². The lowest BCUT2D eigenvalue weighted by atomic mass is 10.1. The minimum Gasteiger partial charge on any atom is -0.461 e. The third kappa shape index (κ3) is 3.37. The topological polar surface area (TPSA) is 61.9 Å². The van der Waals surface area contributed by atoms with Crippen molar-refractivity contribution in [2.45, 2.75) is 6.92 Å². The average molecular weight is 358 g/mol. The van der Waals surface area contributed by atoms with E-state index in [-0.39, 0.29) is 0 Å². The number of imidazole rings is 1. The van der Waals surface area contributed by atoms with E-state index < -0.39 is 5.97 Å². The van der Waals surface area contributed by atoms with Gasteiger partial charge in [0.1, 0.15) is 0 Å². The highest BCUT2D eigenvalue weighted by Crippen LogP contribution is 2.23. The van der Waals surface area contributed by atoms with Crippen LogP contribution in [0.4, 0.5) is 0 Å². The van der Waals surface area contributed by atoms with Gasteiger partial charge in [-0.05, 0) is 37.3 Å². The molecule has 0 aliphatic carbocycles. The first-order chi connectivity index (χ1) is 13.3. The van der Waals surface area contributed by atoms with E-state index >= 15 is 0 Å². The zero-order valence-electron chi connectivity index (χ0n) is 14.8.